The zero-order chi connectivity index (χ0) is 11.8. The van der Waals surface area contributed by atoms with Crippen LogP contribution in [0.2, 0.25) is 0 Å². The van der Waals surface area contributed by atoms with E-state index in [1.807, 2.05) is 0 Å². The highest BCUT2D eigenvalue weighted by atomic mass is 15.2. The van der Waals surface area contributed by atoms with Crippen LogP contribution in [0.4, 0.5) is 0 Å². The molecule has 1 aliphatic rings. The molecule has 2 aromatic carbocycles. The van der Waals surface area contributed by atoms with E-state index in [0.717, 1.165) is 6.04 Å². The molecule has 0 radical (unpaired) electrons. The minimum atomic E-state index is 0.520. The fourth-order valence-electron chi connectivity index (χ4n) is 2.50. The van der Waals surface area contributed by atoms with E-state index in [1.54, 1.807) is 0 Å². The topological polar surface area (TPSA) is 3.24 Å². The molecule has 0 aromatic heterocycles. The van der Waals surface area contributed by atoms with Gasteiger partial charge in [-0.2, -0.15) is 0 Å². The molecule has 1 atom stereocenters. The minimum absolute atomic E-state index is 0.520. The highest BCUT2D eigenvalue weighted by molar-refractivity contribution is 5.83. The standard InChI is InChI=1S/C16H19N/c1-12(17(2)16-9-10-16)14-8-7-13-5-3-4-6-15(13)11-14/h3-8,11-12,16H,9-10H2,1-2H3. The van der Waals surface area contributed by atoms with E-state index in [2.05, 4.69) is 61.3 Å². The summed E-state index contributed by atoms with van der Waals surface area (Å²) in [5.74, 6) is 0. The molecule has 2 aromatic rings. The Morgan fingerprint density at radius 1 is 1.06 bits per heavy atom. The maximum Gasteiger partial charge on any atom is 0.0319 e. The Balaban J connectivity index is 1.93. The maximum atomic E-state index is 2.50. The third-order valence-corrected chi connectivity index (χ3v) is 3.99. The van der Waals surface area contributed by atoms with Gasteiger partial charge in [-0.3, -0.25) is 4.90 Å². The number of hydrogen-bond donors (Lipinski definition) is 0. The van der Waals surface area contributed by atoms with Crippen LogP contribution in [-0.4, -0.2) is 18.0 Å². The van der Waals surface area contributed by atoms with E-state index in [0.29, 0.717) is 6.04 Å². The van der Waals surface area contributed by atoms with Crippen LogP contribution in [0.3, 0.4) is 0 Å². The first kappa shape index (κ1) is 10.8. The quantitative estimate of drug-likeness (QED) is 0.763. The van der Waals surface area contributed by atoms with Gasteiger partial charge in [-0.1, -0.05) is 36.4 Å². The summed E-state index contributed by atoms with van der Waals surface area (Å²) in [6, 6.07) is 16.8. The van der Waals surface area contributed by atoms with Crippen molar-refractivity contribution in [1.29, 1.82) is 0 Å². The molecule has 1 heteroatoms. The molecule has 1 aliphatic carbocycles. The van der Waals surface area contributed by atoms with Crippen molar-refractivity contribution in [1.82, 2.24) is 4.90 Å². The van der Waals surface area contributed by atoms with E-state index in [-0.39, 0.29) is 0 Å². The molecule has 0 saturated heterocycles. The van der Waals surface area contributed by atoms with Crippen molar-refractivity contribution in [3.05, 3.63) is 48.0 Å². The van der Waals surface area contributed by atoms with Crippen molar-refractivity contribution in [3.63, 3.8) is 0 Å². The summed E-state index contributed by atoms with van der Waals surface area (Å²) in [6.45, 7) is 2.31. The Morgan fingerprint density at radius 2 is 1.76 bits per heavy atom. The molecule has 17 heavy (non-hydrogen) atoms. The Labute approximate surface area is 103 Å². The average molecular weight is 225 g/mol. The van der Waals surface area contributed by atoms with Crippen LogP contribution in [0, 0.1) is 0 Å². The van der Waals surface area contributed by atoms with Crippen LogP contribution in [0.15, 0.2) is 42.5 Å². The van der Waals surface area contributed by atoms with Crippen LogP contribution in [0.5, 0.6) is 0 Å². The van der Waals surface area contributed by atoms with Gasteiger partial charge in [0.05, 0.1) is 0 Å². The highest BCUT2D eigenvalue weighted by Crippen LogP contribution is 2.33. The summed E-state index contributed by atoms with van der Waals surface area (Å²) in [5.41, 5.74) is 1.43. The predicted molar refractivity (Wildman–Crippen MR) is 73.1 cm³/mol. The normalized spacial score (nSPS) is 17.6. The van der Waals surface area contributed by atoms with Gasteiger partial charge in [-0.15, -0.1) is 0 Å². The monoisotopic (exact) mass is 225 g/mol. The molecular weight excluding hydrogens is 206 g/mol. The summed E-state index contributed by atoms with van der Waals surface area (Å²) < 4.78 is 0. The molecule has 1 saturated carbocycles. The first-order valence-corrected chi connectivity index (χ1v) is 6.46. The lowest BCUT2D eigenvalue weighted by Crippen LogP contribution is -2.24. The number of hydrogen-bond acceptors (Lipinski definition) is 1. The van der Waals surface area contributed by atoms with Crippen molar-refractivity contribution in [3.8, 4) is 0 Å². The molecule has 1 nitrogen and oxygen atoms in total. The second kappa shape index (κ2) is 4.15. The molecule has 1 fully saturated rings. The van der Waals surface area contributed by atoms with Crippen molar-refractivity contribution in [2.75, 3.05) is 7.05 Å². The minimum Gasteiger partial charge on any atom is -0.297 e. The number of rotatable bonds is 3. The van der Waals surface area contributed by atoms with Crippen LogP contribution in [0.25, 0.3) is 10.8 Å². The molecule has 0 N–H and O–H groups in total. The van der Waals surface area contributed by atoms with Gasteiger partial charge in [0.25, 0.3) is 0 Å². The lowest BCUT2D eigenvalue weighted by molar-refractivity contribution is 0.251. The SMILES string of the molecule is CC(c1ccc2ccccc2c1)N(C)C1CC1. The van der Waals surface area contributed by atoms with E-state index in [4.69, 9.17) is 0 Å². The fourth-order valence-corrected chi connectivity index (χ4v) is 2.50. The maximum absolute atomic E-state index is 2.50. The molecule has 88 valence electrons. The molecule has 1 unspecified atom stereocenters. The zero-order valence-electron chi connectivity index (χ0n) is 10.6. The largest absolute Gasteiger partial charge is 0.297 e. The number of fused-ring (bicyclic) bond motifs is 1. The smallest absolute Gasteiger partial charge is 0.0319 e. The van der Waals surface area contributed by atoms with Gasteiger partial charge in [0.1, 0.15) is 0 Å². The van der Waals surface area contributed by atoms with Gasteiger partial charge < -0.3 is 0 Å². The Hall–Kier alpha value is -1.34. The third-order valence-electron chi connectivity index (χ3n) is 3.99. The Kier molecular flexibility index (Phi) is 2.64. The lowest BCUT2D eigenvalue weighted by atomic mass is 10.0. The second-order valence-corrected chi connectivity index (χ2v) is 5.18. The van der Waals surface area contributed by atoms with E-state index < -0.39 is 0 Å². The molecule has 0 aliphatic heterocycles. The van der Waals surface area contributed by atoms with E-state index in [1.165, 1.54) is 29.2 Å². The average Bonchev–Trinajstić information content (AvgIpc) is 3.21. The zero-order valence-corrected chi connectivity index (χ0v) is 10.6. The molecular formula is C16H19N. The third kappa shape index (κ3) is 2.07. The van der Waals surface area contributed by atoms with Crippen LogP contribution < -0.4 is 0 Å². The van der Waals surface area contributed by atoms with Crippen molar-refractivity contribution < 1.29 is 0 Å². The fraction of sp³-hybridized carbons (Fsp3) is 0.375. The summed E-state index contributed by atoms with van der Waals surface area (Å²) in [4.78, 5) is 2.50. The Bertz CT molecular complexity index is 528. The number of nitrogens with zero attached hydrogens (tertiary/aromatic N) is 1. The molecule has 0 bridgehead atoms. The van der Waals surface area contributed by atoms with Gasteiger partial charge in [-0.25, -0.2) is 0 Å². The van der Waals surface area contributed by atoms with Crippen molar-refractivity contribution in [2.45, 2.75) is 31.8 Å². The molecule has 0 spiro atoms. The van der Waals surface area contributed by atoms with Gasteiger partial charge >= 0.3 is 0 Å². The Morgan fingerprint density at radius 3 is 2.47 bits per heavy atom. The van der Waals surface area contributed by atoms with Crippen LogP contribution in [-0.2, 0) is 0 Å². The van der Waals surface area contributed by atoms with Gasteiger partial charge in [0.15, 0.2) is 0 Å². The molecule has 3 rings (SSSR count). The first-order valence-electron chi connectivity index (χ1n) is 6.46. The van der Waals surface area contributed by atoms with Gasteiger partial charge in [0.2, 0.25) is 0 Å². The summed E-state index contributed by atoms with van der Waals surface area (Å²) in [6.07, 6.45) is 2.74. The lowest BCUT2D eigenvalue weighted by Gasteiger charge is -2.25. The summed E-state index contributed by atoms with van der Waals surface area (Å²) in [5, 5.41) is 2.68. The molecule has 0 heterocycles. The highest BCUT2D eigenvalue weighted by Gasteiger charge is 2.29. The van der Waals surface area contributed by atoms with Crippen molar-refractivity contribution >= 4 is 10.8 Å². The predicted octanol–water partition coefficient (Wildman–Crippen LogP) is 4.00. The van der Waals surface area contributed by atoms with Gasteiger partial charge in [0, 0.05) is 12.1 Å². The summed E-state index contributed by atoms with van der Waals surface area (Å²) >= 11 is 0. The molecule has 0 amide bonds. The summed E-state index contributed by atoms with van der Waals surface area (Å²) in [7, 11) is 2.25. The van der Waals surface area contributed by atoms with Crippen molar-refractivity contribution in [2.24, 2.45) is 0 Å². The number of benzene rings is 2. The van der Waals surface area contributed by atoms with Gasteiger partial charge in [-0.05, 0) is 49.2 Å². The van der Waals surface area contributed by atoms with Crippen LogP contribution >= 0.6 is 0 Å². The first-order chi connectivity index (χ1) is 8.25. The van der Waals surface area contributed by atoms with E-state index in [9.17, 15) is 0 Å². The van der Waals surface area contributed by atoms with E-state index >= 15 is 0 Å². The van der Waals surface area contributed by atoms with Crippen LogP contribution in [0.1, 0.15) is 31.4 Å². The second-order valence-electron chi connectivity index (χ2n) is 5.18.